The highest BCUT2D eigenvalue weighted by atomic mass is 16.3. The largest absolute Gasteiger partial charge is 0.466 e. The minimum atomic E-state index is 0.669. The third kappa shape index (κ3) is 3.82. The van der Waals surface area contributed by atoms with E-state index in [9.17, 15) is 0 Å². The van der Waals surface area contributed by atoms with E-state index >= 15 is 0 Å². The molecule has 0 unspecified atom stereocenters. The summed E-state index contributed by atoms with van der Waals surface area (Å²) >= 11 is 0. The molecule has 0 amide bonds. The normalized spacial score (nSPS) is 10.8. The predicted molar refractivity (Wildman–Crippen MR) is 60.4 cm³/mol. The van der Waals surface area contributed by atoms with Crippen LogP contribution in [0.1, 0.15) is 38.2 Å². The molecule has 14 heavy (non-hydrogen) atoms. The first kappa shape index (κ1) is 11.1. The Morgan fingerprint density at radius 2 is 2.07 bits per heavy atom. The van der Waals surface area contributed by atoms with Crippen LogP contribution in [0.15, 0.2) is 29.2 Å². The maximum Gasteiger partial charge on any atom is 0.104 e. The topological polar surface area (TPSA) is 13.1 Å². The quantitative estimate of drug-likeness (QED) is 0.490. The van der Waals surface area contributed by atoms with Crippen molar-refractivity contribution < 1.29 is 4.42 Å². The van der Waals surface area contributed by atoms with Gasteiger partial charge in [-0.15, -0.1) is 6.58 Å². The van der Waals surface area contributed by atoms with Crippen molar-refractivity contribution in [3.8, 4) is 0 Å². The number of hydrogen-bond donors (Lipinski definition) is 0. The van der Waals surface area contributed by atoms with E-state index in [2.05, 4.69) is 32.6 Å². The Kier molecular flexibility index (Phi) is 4.51. The summed E-state index contributed by atoms with van der Waals surface area (Å²) in [7, 11) is 0. The standard InChI is InChI=1S/C13H20O/c1-4-5-6-7-12-8-9-13(14-12)10-11(2)3/h4,8-9,11H,1,5-7,10H2,2-3H3. The molecule has 0 aliphatic heterocycles. The minimum Gasteiger partial charge on any atom is -0.466 e. The lowest BCUT2D eigenvalue weighted by Gasteiger charge is -2.00. The van der Waals surface area contributed by atoms with Crippen LogP contribution in [0.3, 0.4) is 0 Å². The highest BCUT2D eigenvalue weighted by Gasteiger charge is 2.03. The monoisotopic (exact) mass is 192 g/mol. The lowest BCUT2D eigenvalue weighted by Crippen LogP contribution is -1.91. The van der Waals surface area contributed by atoms with Crippen molar-refractivity contribution in [3.63, 3.8) is 0 Å². The zero-order valence-electron chi connectivity index (χ0n) is 9.25. The molecule has 1 aromatic rings. The highest BCUT2D eigenvalue weighted by molar-refractivity contribution is 5.07. The number of hydrogen-bond acceptors (Lipinski definition) is 1. The Balaban J connectivity index is 2.38. The van der Waals surface area contributed by atoms with Gasteiger partial charge in [0, 0.05) is 12.8 Å². The Morgan fingerprint density at radius 1 is 1.36 bits per heavy atom. The number of unbranched alkanes of at least 4 members (excludes halogenated alkanes) is 1. The zero-order valence-corrected chi connectivity index (χ0v) is 9.25. The number of aryl methyl sites for hydroxylation is 1. The van der Waals surface area contributed by atoms with Crippen LogP contribution in [-0.4, -0.2) is 0 Å². The van der Waals surface area contributed by atoms with Crippen molar-refractivity contribution in [2.75, 3.05) is 0 Å². The molecule has 78 valence electrons. The number of allylic oxidation sites excluding steroid dienone is 1. The molecular weight excluding hydrogens is 172 g/mol. The number of rotatable bonds is 6. The summed E-state index contributed by atoms with van der Waals surface area (Å²) in [5.41, 5.74) is 0. The summed E-state index contributed by atoms with van der Waals surface area (Å²) in [6.45, 7) is 8.12. The van der Waals surface area contributed by atoms with Gasteiger partial charge in [0.1, 0.15) is 11.5 Å². The van der Waals surface area contributed by atoms with Crippen molar-refractivity contribution in [2.45, 2.75) is 39.5 Å². The van der Waals surface area contributed by atoms with Gasteiger partial charge in [-0.3, -0.25) is 0 Å². The average Bonchev–Trinajstić information content (AvgIpc) is 2.52. The van der Waals surface area contributed by atoms with Gasteiger partial charge in [-0.2, -0.15) is 0 Å². The maximum atomic E-state index is 5.71. The Hall–Kier alpha value is -0.980. The molecule has 0 atom stereocenters. The van der Waals surface area contributed by atoms with Gasteiger partial charge in [0.05, 0.1) is 0 Å². The van der Waals surface area contributed by atoms with E-state index in [4.69, 9.17) is 4.42 Å². The molecule has 1 aromatic heterocycles. The molecular formula is C13H20O. The molecule has 0 radical (unpaired) electrons. The molecule has 0 aromatic carbocycles. The van der Waals surface area contributed by atoms with Crippen molar-refractivity contribution in [3.05, 3.63) is 36.3 Å². The van der Waals surface area contributed by atoms with Crippen LogP contribution in [0.4, 0.5) is 0 Å². The third-order valence-electron chi connectivity index (χ3n) is 2.16. The fourth-order valence-electron chi connectivity index (χ4n) is 1.49. The molecule has 0 aliphatic rings. The van der Waals surface area contributed by atoms with Crippen LogP contribution in [0, 0.1) is 5.92 Å². The first-order valence-corrected chi connectivity index (χ1v) is 5.41. The Morgan fingerprint density at radius 3 is 2.71 bits per heavy atom. The van der Waals surface area contributed by atoms with Crippen LogP contribution in [0.2, 0.25) is 0 Å². The summed E-state index contributed by atoms with van der Waals surface area (Å²) in [5, 5.41) is 0. The van der Waals surface area contributed by atoms with Crippen LogP contribution in [0.5, 0.6) is 0 Å². The molecule has 0 fully saturated rings. The van der Waals surface area contributed by atoms with Gasteiger partial charge in [0.25, 0.3) is 0 Å². The molecule has 0 spiro atoms. The highest BCUT2D eigenvalue weighted by Crippen LogP contribution is 2.14. The summed E-state index contributed by atoms with van der Waals surface area (Å²) in [6.07, 6.45) is 6.24. The molecule has 0 aliphatic carbocycles. The predicted octanol–water partition coefficient (Wildman–Crippen LogP) is 3.99. The molecule has 1 heterocycles. The second kappa shape index (κ2) is 5.69. The average molecular weight is 192 g/mol. The summed E-state index contributed by atoms with van der Waals surface area (Å²) < 4.78 is 5.71. The van der Waals surface area contributed by atoms with E-state index in [0.29, 0.717) is 5.92 Å². The second-order valence-electron chi connectivity index (χ2n) is 4.15. The zero-order chi connectivity index (χ0) is 10.4. The van der Waals surface area contributed by atoms with E-state index in [1.165, 1.54) is 0 Å². The first-order chi connectivity index (χ1) is 6.72. The van der Waals surface area contributed by atoms with Gasteiger partial charge < -0.3 is 4.42 Å². The summed E-state index contributed by atoms with van der Waals surface area (Å²) in [6, 6.07) is 4.20. The Labute approximate surface area is 86.8 Å². The van der Waals surface area contributed by atoms with E-state index in [1.54, 1.807) is 0 Å². The van der Waals surface area contributed by atoms with Crippen molar-refractivity contribution >= 4 is 0 Å². The van der Waals surface area contributed by atoms with Crippen molar-refractivity contribution in [2.24, 2.45) is 5.92 Å². The van der Waals surface area contributed by atoms with Crippen LogP contribution in [0.25, 0.3) is 0 Å². The molecule has 1 nitrogen and oxygen atoms in total. The van der Waals surface area contributed by atoms with Gasteiger partial charge >= 0.3 is 0 Å². The smallest absolute Gasteiger partial charge is 0.104 e. The molecule has 0 saturated heterocycles. The minimum absolute atomic E-state index is 0.669. The molecule has 0 bridgehead atoms. The van der Waals surface area contributed by atoms with Crippen LogP contribution >= 0.6 is 0 Å². The molecule has 0 saturated carbocycles. The molecule has 1 heteroatoms. The third-order valence-corrected chi connectivity index (χ3v) is 2.16. The molecule has 0 N–H and O–H groups in total. The van der Waals surface area contributed by atoms with Gasteiger partial charge in [0.2, 0.25) is 0 Å². The van der Waals surface area contributed by atoms with Crippen molar-refractivity contribution in [1.82, 2.24) is 0 Å². The maximum absolute atomic E-state index is 5.71. The Bertz CT molecular complexity index is 271. The van der Waals surface area contributed by atoms with E-state index in [0.717, 1.165) is 37.2 Å². The fraction of sp³-hybridized carbons (Fsp3) is 0.538. The van der Waals surface area contributed by atoms with Crippen molar-refractivity contribution in [1.29, 1.82) is 0 Å². The lowest BCUT2D eigenvalue weighted by molar-refractivity contribution is 0.436. The van der Waals surface area contributed by atoms with Gasteiger partial charge in [-0.25, -0.2) is 0 Å². The van der Waals surface area contributed by atoms with E-state index in [1.807, 2.05) is 6.08 Å². The van der Waals surface area contributed by atoms with Gasteiger partial charge in [-0.1, -0.05) is 19.9 Å². The SMILES string of the molecule is C=CCCCc1ccc(CC(C)C)o1. The van der Waals surface area contributed by atoms with E-state index in [-0.39, 0.29) is 0 Å². The number of furan rings is 1. The fourth-order valence-corrected chi connectivity index (χ4v) is 1.49. The van der Waals surface area contributed by atoms with Gasteiger partial charge in [0.15, 0.2) is 0 Å². The summed E-state index contributed by atoms with van der Waals surface area (Å²) in [4.78, 5) is 0. The van der Waals surface area contributed by atoms with Gasteiger partial charge in [-0.05, 0) is 30.9 Å². The van der Waals surface area contributed by atoms with Crippen LogP contribution in [-0.2, 0) is 12.8 Å². The second-order valence-corrected chi connectivity index (χ2v) is 4.15. The summed E-state index contributed by atoms with van der Waals surface area (Å²) in [5.74, 6) is 2.90. The van der Waals surface area contributed by atoms with Crippen LogP contribution < -0.4 is 0 Å². The lowest BCUT2D eigenvalue weighted by atomic mass is 10.1. The molecule has 1 rings (SSSR count). The first-order valence-electron chi connectivity index (χ1n) is 5.41. The van der Waals surface area contributed by atoms with E-state index < -0.39 is 0 Å².